The van der Waals surface area contributed by atoms with Crippen molar-refractivity contribution in [1.82, 2.24) is 4.98 Å². The number of hydrogen-bond donors (Lipinski definition) is 2. The molecule has 31 heavy (non-hydrogen) atoms. The van der Waals surface area contributed by atoms with Crippen LogP contribution in [0.5, 0.6) is 0 Å². The van der Waals surface area contributed by atoms with Gasteiger partial charge in [-0.3, -0.25) is 0 Å². The Morgan fingerprint density at radius 3 is 2.03 bits per heavy atom. The molecule has 0 aliphatic carbocycles. The lowest BCUT2D eigenvalue weighted by molar-refractivity contribution is -0.330. The topological polar surface area (TPSA) is 92.2 Å². The predicted octanol–water partition coefficient (Wildman–Crippen LogP) is 4.70. The summed E-state index contributed by atoms with van der Waals surface area (Å²) in [5.41, 5.74) is 0.132. The molecule has 0 bridgehead atoms. The van der Waals surface area contributed by atoms with Crippen LogP contribution in [0, 0.1) is 11.3 Å². The predicted molar refractivity (Wildman–Crippen MR) is 85.5 cm³/mol. The van der Waals surface area contributed by atoms with E-state index >= 15 is 0 Å². The van der Waals surface area contributed by atoms with Gasteiger partial charge in [0.15, 0.2) is 5.60 Å². The molecule has 0 spiro atoms. The molecule has 0 aromatic carbocycles. The second-order valence-electron chi connectivity index (χ2n) is 5.63. The van der Waals surface area contributed by atoms with Crippen LogP contribution in [0.2, 0.25) is 0 Å². The maximum absolute atomic E-state index is 13.0. The normalized spacial score (nSPS) is 14.9. The maximum Gasteiger partial charge on any atom is 0.458 e. The Kier molecular flexibility index (Phi) is 9.14. The lowest BCUT2D eigenvalue weighted by atomic mass is 9.92. The number of nitrogens with zero attached hydrogens (tertiary/aromatic N) is 2. The van der Waals surface area contributed by atoms with E-state index in [0.29, 0.717) is 18.4 Å². The Balaban J connectivity index is 0.000000590. The van der Waals surface area contributed by atoms with E-state index in [9.17, 15) is 49.0 Å². The van der Waals surface area contributed by atoms with E-state index in [-0.39, 0.29) is 18.5 Å². The molecule has 0 saturated carbocycles. The van der Waals surface area contributed by atoms with Crippen LogP contribution in [0.1, 0.15) is 18.9 Å². The number of hydrogen-bond acceptors (Lipinski definition) is 5. The molecule has 1 rings (SSSR count). The Bertz CT molecular complexity index is 787. The van der Waals surface area contributed by atoms with Gasteiger partial charge in [0.25, 0.3) is 0 Å². The maximum atomic E-state index is 13.0. The minimum Gasteiger partial charge on any atom is -0.502 e. The van der Waals surface area contributed by atoms with Crippen molar-refractivity contribution in [2.45, 2.75) is 43.1 Å². The first-order valence-electron chi connectivity index (χ1n) is 7.87. The van der Waals surface area contributed by atoms with E-state index in [4.69, 9.17) is 11.0 Å². The number of alkyl halides is 10. The molecular weight excluding hydrogens is 456 g/mol. The molecule has 1 aromatic rings. The van der Waals surface area contributed by atoms with Crippen LogP contribution in [0.15, 0.2) is 30.7 Å². The van der Waals surface area contributed by atoms with E-state index < -0.39 is 41.8 Å². The van der Waals surface area contributed by atoms with Crippen LogP contribution in [0.3, 0.4) is 0 Å². The highest BCUT2D eigenvalue weighted by Gasteiger charge is 2.69. The zero-order valence-electron chi connectivity index (χ0n) is 15.4. The summed E-state index contributed by atoms with van der Waals surface area (Å²) in [5.74, 6) is -10.7. The summed E-state index contributed by atoms with van der Waals surface area (Å²) in [5, 5.41) is 17.4. The molecule has 1 atom stereocenters. The van der Waals surface area contributed by atoms with Gasteiger partial charge in [-0.15, -0.1) is 0 Å². The third-order valence-electron chi connectivity index (χ3n) is 3.35. The number of nitrogens with two attached hydrogens (primary N) is 1. The van der Waals surface area contributed by atoms with E-state index in [1.165, 1.54) is 6.92 Å². The Hall–Kier alpha value is -2.76. The van der Waals surface area contributed by atoms with Crippen molar-refractivity contribution < 1.29 is 53.7 Å². The Morgan fingerprint density at radius 1 is 1.10 bits per heavy atom. The van der Waals surface area contributed by atoms with Gasteiger partial charge < -0.3 is 15.6 Å². The van der Waals surface area contributed by atoms with Crippen LogP contribution < -0.4 is 5.73 Å². The van der Waals surface area contributed by atoms with Gasteiger partial charge >= 0.3 is 24.2 Å². The van der Waals surface area contributed by atoms with Crippen molar-refractivity contribution in [3.05, 3.63) is 36.2 Å². The average molecular weight is 471 g/mol. The molecular formula is C16H15F10N3O2. The van der Waals surface area contributed by atoms with Crippen LogP contribution >= 0.6 is 0 Å². The van der Waals surface area contributed by atoms with Crippen molar-refractivity contribution in [3.63, 3.8) is 0 Å². The van der Waals surface area contributed by atoms with Crippen molar-refractivity contribution in [2.24, 2.45) is 0 Å². The summed E-state index contributed by atoms with van der Waals surface area (Å²) in [7, 11) is 0. The molecule has 1 heterocycles. The molecule has 0 radical (unpaired) electrons. The van der Waals surface area contributed by atoms with Gasteiger partial charge in [0, 0.05) is 11.8 Å². The smallest absolute Gasteiger partial charge is 0.458 e. The number of ether oxygens (including phenoxy) is 1. The van der Waals surface area contributed by atoms with Gasteiger partial charge in [-0.05, 0) is 25.1 Å². The first-order valence-corrected chi connectivity index (χ1v) is 7.87. The second-order valence-corrected chi connectivity index (χ2v) is 5.63. The van der Waals surface area contributed by atoms with Crippen molar-refractivity contribution in [2.75, 3.05) is 12.3 Å². The van der Waals surface area contributed by atoms with Crippen LogP contribution in [-0.4, -0.2) is 40.6 Å². The third kappa shape index (κ3) is 6.88. The molecule has 176 valence electrons. The second kappa shape index (κ2) is 10.0. The molecule has 5 nitrogen and oxygen atoms in total. The van der Waals surface area contributed by atoms with E-state index in [1.807, 2.05) is 0 Å². The SMILES string of the molecule is CCO/C=C/C(O)(CC#N)C(F)(F)C(F)(F)F.Nc1cc(C(F)(F)C(F)(F)F)ccn1. The summed E-state index contributed by atoms with van der Waals surface area (Å²) in [6, 6.07) is 2.14. The largest absolute Gasteiger partial charge is 0.502 e. The summed E-state index contributed by atoms with van der Waals surface area (Å²) in [6.45, 7) is 1.49. The Labute approximate surface area is 168 Å². The summed E-state index contributed by atoms with van der Waals surface area (Å²) >= 11 is 0. The minimum atomic E-state index is -5.96. The molecule has 0 saturated heterocycles. The monoisotopic (exact) mass is 471 g/mol. The number of nitriles is 1. The van der Waals surface area contributed by atoms with Crippen molar-refractivity contribution >= 4 is 5.82 Å². The number of halogens is 10. The zero-order valence-corrected chi connectivity index (χ0v) is 15.4. The van der Waals surface area contributed by atoms with Gasteiger partial charge in [-0.2, -0.15) is 49.2 Å². The lowest BCUT2D eigenvalue weighted by Gasteiger charge is -2.32. The average Bonchev–Trinajstić information content (AvgIpc) is 2.60. The highest BCUT2D eigenvalue weighted by molar-refractivity contribution is 5.34. The number of pyridine rings is 1. The molecule has 0 aliphatic rings. The van der Waals surface area contributed by atoms with Gasteiger partial charge in [0.1, 0.15) is 5.82 Å². The third-order valence-corrected chi connectivity index (χ3v) is 3.35. The Morgan fingerprint density at radius 2 is 1.65 bits per heavy atom. The fraction of sp³-hybridized carbons (Fsp3) is 0.500. The molecule has 1 unspecified atom stereocenters. The van der Waals surface area contributed by atoms with Gasteiger partial charge in [0.05, 0.1) is 25.4 Å². The molecule has 0 fully saturated rings. The van der Waals surface area contributed by atoms with E-state index in [2.05, 4.69) is 9.72 Å². The molecule has 1 aromatic heterocycles. The fourth-order valence-electron chi connectivity index (χ4n) is 1.70. The van der Waals surface area contributed by atoms with Crippen molar-refractivity contribution in [3.8, 4) is 6.07 Å². The molecule has 15 heteroatoms. The van der Waals surface area contributed by atoms with Gasteiger partial charge in [-0.1, -0.05) is 0 Å². The fourth-order valence-corrected chi connectivity index (χ4v) is 1.70. The van der Waals surface area contributed by atoms with Gasteiger partial charge in [-0.25, -0.2) is 4.98 Å². The van der Waals surface area contributed by atoms with E-state index in [0.717, 1.165) is 12.3 Å². The number of aliphatic hydroxyl groups is 1. The quantitative estimate of drug-likeness (QED) is 0.464. The van der Waals surface area contributed by atoms with Gasteiger partial charge in [0.2, 0.25) is 0 Å². The summed E-state index contributed by atoms with van der Waals surface area (Å²) in [6.07, 6.45) is -11.6. The number of aromatic nitrogens is 1. The minimum absolute atomic E-state index is 0.0245. The first kappa shape index (κ1) is 28.2. The molecule has 3 N–H and O–H groups in total. The zero-order chi connectivity index (χ0) is 24.7. The molecule has 0 aliphatic heterocycles. The van der Waals surface area contributed by atoms with Crippen molar-refractivity contribution in [1.29, 1.82) is 5.26 Å². The summed E-state index contributed by atoms with van der Waals surface area (Å²) in [4.78, 5) is 3.31. The highest BCUT2D eigenvalue weighted by Crippen LogP contribution is 2.46. The number of nitrogen functional groups attached to an aromatic ring is 1. The van der Waals surface area contributed by atoms with Crippen LogP contribution in [0.4, 0.5) is 49.7 Å². The highest BCUT2D eigenvalue weighted by atomic mass is 19.4. The van der Waals surface area contributed by atoms with E-state index in [1.54, 1.807) is 0 Å². The first-order chi connectivity index (χ1) is 13.9. The number of rotatable bonds is 6. The molecule has 0 amide bonds. The summed E-state index contributed by atoms with van der Waals surface area (Å²) < 4.78 is 127. The number of anilines is 1. The lowest BCUT2D eigenvalue weighted by Crippen LogP contribution is -2.55. The standard InChI is InChI=1S/C9H10F5NO2.C7H5F5N2/c1-2-17-6-4-7(16,3-5-15)8(10,11)9(12,13)14;8-6(9,7(10,11)12)4-1-2-14-5(13)3-4/h4,6,16H,2-3H2,1H3;1-3H,(H2,13,14)/b6-4+;. The van der Waals surface area contributed by atoms with Crippen LogP contribution in [-0.2, 0) is 10.7 Å². The van der Waals surface area contributed by atoms with Crippen LogP contribution in [0.25, 0.3) is 0 Å².